The topological polar surface area (TPSA) is 49.4 Å². The number of halogens is 1. The van der Waals surface area contributed by atoms with Crippen LogP contribution in [0.5, 0.6) is 0 Å². The number of nitrogens with zero attached hydrogens (tertiary/aromatic N) is 1. The van der Waals surface area contributed by atoms with Crippen molar-refractivity contribution < 1.29 is 9.59 Å². The number of nitrogens with one attached hydrogen (secondary N) is 1. The highest BCUT2D eigenvalue weighted by atomic mass is 35.5. The zero-order chi connectivity index (χ0) is 25.0. The zero-order valence-corrected chi connectivity index (χ0v) is 21.9. The maximum absolute atomic E-state index is 13.6. The summed E-state index contributed by atoms with van der Waals surface area (Å²) in [4.78, 5) is 29.9. The summed E-state index contributed by atoms with van der Waals surface area (Å²) in [5.74, 6) is 0.431. The largest absolute Gasteiger partial charge is 0.352 e. The summed E-state index contributed by atoms with van der Waals surface area (Å²) in [6.07, 6.45) is 1.58. The van der Waals surface area contributed by atoms with Crippen molar-refractivity contribution in [3.8, 4) is 0 Å². The van der Waals surface area contributed by atoms with Gasteiger partial charge in [0.25, 0.3) is 0 Å². The Kier molecular flexibility index (Phi) is 10.7. The number of carbonyl (C=O) groups excluding carboxylic acids is 2. The highest BCUT2D eigenvalue weighted by Gasteiger charge is 2.31. The lowest BCUT2D eigenvalue weighted by atomic mass is 10.0. The highest BCUT2D eigenvalue weighted by Crippen LogP contribution is 2.23. The molecule has 3 rings (SSSR count). The summed E-state index contributed by atoms with van der Waals surface area (Å²) < 4.78 is 0. The van der Waals surface area contributed by atoms with Crippen LogP contribution in [0.2, 0.25) is 5.02 Å². The van der Waals surface area contributed by atoms with Crippen molar-refractivity contribution in [3.63, 3.8) is 0 Å². The summed E-state index contributed by atoms with van der Waals surface area (Å²) in [5.41, 5.74) is 1.83. The fraction of sp³-hybridized carbons (Fsp3) is 0.310. The summed E-state index contributed by atoms with van der Waals surface area (Å²) in [6.45, 7) is 4.29. The van der Waals surface area contributed by atoms with E-state index in [1.165, 1.54) is 0 Å². The number of hydrogen-bond donors (Lipinski definition) is 1. The van der Waals surface area contributed by atoms with E-state index in [0.29, 0.717) is 23.6 Å². The molecule has 0 saturated heterocycles. The monoisotopic (exact) mass is 508 g/mol. The van der Waals surface area contributed by atoms with E-state index >= 15 is 0 Å². The van der Waals surface area contributed by atoms with Crippen LogP contribution in [-0.2, 0) is 22.6 Å². The lowest BCUT2D eigenvalue weighted by molar-refractivity contribution is -0.141. The number of hydrogen-bond acceptors (Lipinski definition) is 3. The first-order valence-electron chi connectivity index (χ1n) is 12.0. The second-order valence-corrected chi connectivity index (χ2v) is 10.1. The summed E-state index contributed by atoms with van der Waals surface area (Å²) in [5, 5.41) is 3.68. The van der Waals surface area contributed by atoms with Crippen LogP contribution in [0, 0.1) is 0 Å². The molecule has 35 heavy (non-hydrogen) atoms. The minimum absolute atomic E-state index is 0.0201. The predicted octanol–water partition coefficient (Wildman–Crippen LogP) is 6.38. The van der Waals surface area contributed by atoms with Crippen LogP contribution in [0.15, 0.2) is 89.8 Å². The fourth-order valence-electron chi connectivity index (χ4n) is 3.72. The Hall–Kier alpha value is -2.76. The van der Waals surface area contributed by atoms with E-state index in [0.717, 1.165) is 22.4 Å². The molecule has 0 unspecified atom stereocenters. The smallest absolute Gasteiger partial charge is 0.243 e. The fourth-order valence-corrected chi connectivity index (χ4v) is 4.78. The third-order valence-electron chi connectivity index (χ3n) is 5.90. The minimum atomic E-state index is -0.642. The SMILES string of the molecule is CC[C@H](C)NC(=O)[C@@H](Cc1ccccc1)N(Cc1ccccc1Cl)C(=O)CCSc1ccccc1. The van der Waals surface area contributed by atoms with Gasteiger partial charge in [0.05, 0.1) is 0 Å². The Balaban J connectivity index is 1.87. The predicted molar refractivity (Wildman–Crippen MR) is 146 cm³/mol. The van der Waals surface area contributed by atoms with Gasteiger partial charge in [-0.3, -0.25) is 9.59 Å². The lowest BCUT2D eigenvalue weighted by Gasteiger charge is -2.32. The third-order valence-corrected chi connectivity index (χ3v) is 7.28. The maximum Gasteiger partial charge on any atom is 0.243 e. The molecule has 0 bridgehead atoms. The Morgan fingerprint density at radius 1 is 0.943 bits per heavy atom. The van der Waals surface area contributed by atoms with Crippen molar-refractivity contribution >= 4 is 35.2 Å². The summed E-state index contributed by atoms with van der Waals surface area (Å²) in [6, 6.07) is 26.7. The standard InChI is InChI=1S/C29H33ClN2O2S/c1-3-22(2)31-29(34)27(20-23-12-6-4-7-13-23)32(21-24-14-10-11-17-26(24)30)28(33)18-19-35-25-15-8-5-9-16-25/h4-17,22,27H,3,18-21H2,1-2H3,(H,31,34)/t22-,27+/m0/s1. The van der Waals surface area contributed by atoms with Crippen LogP contribution in [-0.4, -0.2) is 34.6 Å². The van der Waals surface area contributed by atoms with Crippen molar-refractivity contribution in [3.05, 3.63) is 101 Å². The van der Waals surface area contributed by atoms with E-state index in [1.807, 2.05) is 98.8 Å². The van der Waals surface area contributed by atoms with Crippen LogP contribution in [0.1, 0.15) is 37.8 Å². The normalized spacial score (nSPS) is 12.5. The number of amides is 2. The van der Waals surface area contributed by atoms with Crippen molar-refractivity contribution in [2.75, 3.05) is 5.75 Å². The quantitative estimate of drug-likeness (QED) is 0.289. The number of thioether (sulfide) groups is 1. The van der Waals surface area contributed by atoms with Crippen LogP contribution in [0.4, 0.5) is 0 Å². The zero-order valence-electron chi connectivity index (χ0n) is 20.3. The van der Waals surface area contributed by atoms with Gasteiger partial charge in [-0.05, 0) is 42.7 Å². The molecule has 3 aromatic rings. The molecule has 2 amide bonds. The van der Waals surface area contributed by atoms with Gasteiger partial charge in [0.15, 0.2) is 0 Å². The van der Waals surface area contributed by atoms with Gasteiger partial charge >= 0.3 is 0 Å². The second kappa shape index (κ2) is 14.0. The molecule has 0 aliphatic rings. The van der Waals surface area contributed by atoms with Crippen LogP contribution >= 0.6 is 23.4 Å². The number of benzene rings is 3. The first-order chi connectivity index (χ1) is 17.0. The number of carbonyl (C=O) groups is 2. The van der Waals surface area contributed by atoms with Crippen molar-refractivity contribution in [1.29, 1.82) is 0 Å². The van der Waals surface area contributed by atoms with E-state index < -0.39 is 6.04 Å². The summed E-state index contributed by atoms with van der Waals surface area (Å²) >= 11 is 8.11. The molecule has 0 saturated carbocycles. The Morgan fingerprint density at radius 3 is 2.23 bits per heavy atom. The van der Waals surface area contributed by atoms with Gasteiger partial charge in [0.2, 0.25) is 11.8 Å². The van der Waals surface area contributed by atoms with E-state index in [-0.39, 0.29) is 24.4 Å². The van der Waals surface area contributed by atoms with Gasteiger partial charge in [0.1, 0.15) is 6.04 Å². The first-order valence-corrected chi connectivity index (χ1v) is 13.4. The molecule has 0 aliphatic carbocycles. The van der Waals surface area contributed by atoms with Crippen LogP contribution in [0.25, 0.3) is 0 Å². The van der Waals surface area contributed by atoms with Crippen molar-refractivity contribution in [1.82, 2.24) is 10.2 Å². The molecule has 0 spiro atoms. The highest BCUT2D eigenvalue weighted by molar-refractivity contribution is 7.99. The lowest BCUT2D eigenvalue weighted by Crippen LogP contribution is -2.52. The van der Waals surface area contributed by atoms with Gasteiger partial charge in [-0.25, -0.2) is 0 Å². The Bertz CT molecular complexity index is 1080. The van der Waals surface area contributed by atoms with E-state index in [9.17, 15) is 9.59 Å². The van der Waals surface area contributed by atoms with Crippen LogP contribution < -0.4 is 5.32 Å². The van der Waals surface area contributed by atoms with Gasteiger partial charge in [0, 0.05) is 41.1 Å². The second-order valence-electron chi connectivity index (χ2n) is 8.55. The van der Waals surface area contributed by atoms with Crippen LogP contribution in [0.3, 0.4) is 0 Å². The molecular formula is C29H33ClN2O2S. The van der Waals surface area contributed by atoms with Crippen molar-refractivity contribution in [2.24, 2.45) is 0 Å². The molecule has 0 aromatic heterocycles. The van der Waals surface area contributed by atoms with Gasteiger partial charge in [-0.2, -0.15) is 0 Å². The molecular weight excluding hydrogens is 476 g/mol. The molecule has 3 aromatic carbocycles. The molecule has 6 heteroatoms. The average molecular weight is 509 g/mol. The average Bonchev–Trinajstić information content (AvgIpc) is 2.88. The minimum Gasteiger partial charge on any atom is -0.352 e. The van der Waals surface area contributed by atoms with E-state index in [4.69, 9.17) is 11.6 Å². The van der Waals surface area contributed by atoms with Crippen molar-refractivity contribution in [2.45, 2.75) is 56.6 Å². The Labute approximate surface area is 218 Å². The molecule has 0 radical (unpaired) electrons. The van der Waals surface area contributed by atoms with E-state index in [2.05, 4.69) is 5.32 Å². The molecule has 184 valence electrons. The van der Waals surface area contributed by atoms with Gasteiger partial charge < -0.3 is 10.2 Å². The van der Waals surface area contributed by atoms with Gasteiger partial charge in [-0.1, -0.05) is 85.3 Å². The van der Waals surface area contributed by atoms with Gasteiger partial charge in [-0.15, -0.1) is 11.8 Å². The number of rotatable bonds is 12. The molecule has 1 N–H and O–H groups in total. The molecule has 4 nitrogen and oxygen atoms in total. The maximum atomic E-state index is 13.6. The molecule has 0 aliphatic heterocycles. The molecule has 0 heterocycles. The molecule has 0 fully saturated rings. The Morgan fingerprint density at radius 2 is 1.57 bits per heavy atom. The van der Waals surface area contributed by atoms with E-state index in [1.54, 1.807) is 16.7 Å². The third kappa shape index (κ3) is 8.44. The summed E-state index contributed by atoms with van der Waals surface area (Å²) in [7, 11) is 0. The first kappa shape index (κ1) is 26.8. The molecule has 2 atom stereocenters.